The minimum atomic E-state index is -3.23. The number of amides is 1. The maximum atomic E-state index is 11.9. The second-order valence-electron chi connectivity index (χ2n) is 4.45. The predicted octanol–water partition coefficient (Wildman–Crippen LogP) is 0.165. The second-order valence-corrected chi connectivity index (χ2v) is 6.28. The number of carbonyl (C=O) groups is 1. The zero-order valence-corrected chi connectivity index (χ0v) is 12.1. The Kier molecular flexibility index (Phi) is 4.90. The Hall–Kier alpha value is -1.60. The number of benzene rings is 1. The Morgan fingerprint density at radius 2 is 1.84 bits per heavy atom. The molecule has 0 spiro atoms. The van der Waals surface area contributed by atoms with Crippen molar-refractivity contribution in [1.29, 1.82) is 0 Å². The summed E-state index contributed by atoms with van der Waals surface area (Å²) >= 11 is 0. The lowest BCUT2D eigenvalue weighted by atomic mass is 10.0. The number of hydrogen-bond acceptors (Lipinski definition) is 4. The maximum absolute atomic E-state index is 11.9. The molecule has 0 unspecified atom stereocenters. The van der Waals surface area contributed by atoms with Gasteiger partial charge in [-0.15, -0.1) is 0 Å². The number of nitrogens with one attached hydrogen (secondary N) is 2. The van der Waals surface area contributed by atoms with E-state index < -0.39 is 10.0 Å². The van der Waals surface area contributed by atoms with E-state index in [1.165, 1.54) is 0 Å². The lowest BCUT2D eigenvalue weighted by Crippen LogP contribution is -2.34. The molecule has 0 saturated carbocycles. The number of aryl methyl sites for hydroxylation is 2. The van der Waals surface area contributed by atoms with Crippen molar-refractivity contribution in [3.05, 3.63) is 28.8 Å². The Morgan fingerprint density at radius 3 is 2.42 bits per heavy atom. The summed E-state index contributed by atoms with van der Waals surface area (Å²) in [6, 6.07) is 3.48. The van der Waals surface area contributed by atoms with E-state index in [1.807, 2.05) is 19.9 Å². The summed E-state index contributed by atoms with van der Waals surface area (Å²) in [5, 5.41) is 2.64. The van der Waals surface area contributed by atoms with Crippen LogP contribution in [-0.2, 0) is 10.0 Å². The van der Waals surface area contributed by atoms with Crippen molar-refractivity contribution in [1.82, 2.24) is 10.0 Å². The first-order valence-corrected chi connectivity index (χ1v) is 7.69. The van der Waals surface area contributed by atoms with Crippen molar-refractivity contribution in [2.45, 2.75) is 13.8 Å². The molecule has 0 heterocycles. The van der Waals surface area contributed by atoms with Gasteiger partial charge in [0.1, 0.15) is 0 Å². The SMILES string of the molecule is Cc1cc(C)c(C(=O)NCCNS(C)(=O)=O)cc1N. The van der Waals surface area contributed by atoms with Gasteiger partial charge in [-0.05, 0) is 31.0 Å². The molecule has 106 valence electrons. The van der Waals surface area contributed by atoms with E-state index in [2.05, 4.69) is 10.0 Å². The summed E-state index contributed by atoms with van der Waals surface area (Å²) in [6.07, 6.45) is 1.07. The van der Waals surface area contributed by atoms with Crippen LogP contribution in [-0.4, -0.2) is 33.7 Å². The summed E-state index contributed by atoms with van der Waals surface area (Å²) in [7, 11) is -3.23. The largest absolute Gasteiger partial charge is 0.398 e. The zero-order valence-electron chi connectivity index (χ0n) is 11.3. The maximum Gasteiger partial charge on any atom is 0.251 e. The number of anilines is 1. The average molecular weight is 285 g/mol. The van der Waals surface area contributed by atoms with Crippen LogP contribution in [0, 0.1) is 13.8 Å². The lowest BCUT2D eigenvalue weighted by molar-refractivity contribution is 0.0953. The first kappa shape index (κ1) is 15.5. The third kappa shape index (κ3) is 4.88. The monoisotopic (exact) mass is 285 g/mol. The highest BCUT2D eigenvalue weighted by Crippen LogP contribution is 2.17. The van der Waals surface area contributed by atoms with Gasteiger partial charge in [0.25, 0.3) is 5.91 Å². The van der Waals surface area contributed by atoms with Crippen LogP contribution in [0.5, 0.6) is 0 Å². The molecule has 0 aliphatic carbocycles. The molecule has 0 fully saturated rings. The van der Waals surface area contributed by atoms with Crippen LogP contribution < -0.4 is 15.8 Å². The summed E-state index contributed by atoms with van der Waals surface area (Å²) in [5.74, 6) is -0.264. The first-order valence-electron chi connectivity index (χ1n) is 5.80. The summed E-state index contributed by atoms with van der Waals surface area (Å²) in [6.45, 7) is 4.08. The van der Waals surface area contributed by atoms with Crippen molar-refractivity contribution in [3.8, 4) is 0 Å². The molecule has 1 amide bonds. The molecule has 1 aromatic rings. The third-order valence-electron chi connectivity index (χ3n) is 2.63. The van der Waals surface area contributed by atoms with Gasteiger partial charge >= 0.3 is 0 Å². The topological polar surface area (TPSA) is 101 Å². The minimum Gasteiger partial charge on any atom is -0.398 e. The van der Waals surface area contributed by atoms with Crippen molar-refractivity contribution >= 4 is 21.6 Å². The zero-order chi connectivity index (χ0) is 14.6. The van der Waals surface area contributed by atoms with E-state index in [0.717, 1.165) is 17.4 Å². The minimum absolute atomic E-state index is 0.158. The predicted molar refractivity (Wildman–Crippen MR) is 75.5 cm³/mol. The van der Waals surface area contributed by atoms with Gasteiger partial charge in [0.2, 0.25) is 10.0 Å². The molecule has 0 aliphatic heterocycles. The molecule has 0 aromatic heterocycles. The normalized spacial score (nSPS) is 11.3. The van der Waals surface area contributed by atoms with E-state index in [-0.39, 0.29) is 19.0 Å². The molecule has 0 saturated heterocycles. The molecule has 0 atom stereocenters. The quantitative estimate of drug-likeness (QED) is 0.530. The molecule has 1 aromatic carbocycles. The second kappa shape index (κ2) is 6.03. The van der Waals surface area contributed by atoms with Gasteiger partial charge in [-0.1, -0.05) is 6.07 Å². The molecular weight excluding hydrogens is 266 g/mol. The van der Waals surface area contributed by atoms with Crippen LogP contribution in [0.4, 0.5) is 5.69 Å². The molecule has 6 nitrogen and oxygen atoms in total. The Bertz CT molecular complexity index is 582. The molecule has 0 aliphatic rings. The number of hydrogen-bond donors (Lipinski definition) is 3. The summed E-state index contributed by atoms with van der Waals surface area (Å²) in [4.78, 5) is 11.9. The van der Waals surface area contributed by atoms with Crippen LogP contribution in [0.2, 0.25) is 0 Å². The van der Waals surface area contributed by atoms with E-state index in [9.17, 15) is 13.2 Å². The van der Waals surface area contributed by atoms with Gasteiger partial charge in [-0.25, -0.2) is 13.1 Å². The molecule has 0 radical (unpaired) electrons. The van der Waals surface area contributed by atoms with Gasteiger partial charge in [-0.2, -0.15) is 0 Å². The van der Waals surface area contributed by atoms with Crippen molar-refractivity contribution in [3.63, 3.8) is 0 Å². The van der Waals surface area contributed by atoms with Gasteiger partial charge in [-0.3, -0.25) is 4.79 Å². The first-order chi connectivity index (χ1) is 8.70. The smallest absolute Gasteiger partial charge is 0.251 e. The molecule has 7 heteroatoms. The van der Waals surface area contributed by atoms with Gasteiger partial charge in [0.05, 0.1) is 6.26 Å². The van der Waals surface area contributed by atoms with Gasteiger partial charge in [0, 0.05) is 24.3 Å². The number of rotatable bonds is 5. The number of nitrogens with two attached hydrogens (primary N) is 1. The molecule has 1 rings (SSSR count). The van der Waals surface area contributed by atoms with Crippen LogP contribution >= 0.6 is 0 Å². The molecule has 4 N–H and O–H groups in total. The van der Waals surface area contributed by atoms with Crippen molar-refractivity contribution < 1.29 is 13.2 Å². The Morgan fingerprint density at radius 1 is 1.21 bits per heavy atom. The van der Waals surface area contributed by atoms with Crippen molar-refractivity contribution in [2.24, 2.45) is 0 Å². The molecular formula is C12H19N3O3S. The Labute approximate surface area is 113 Å². The number of sulfonamides is 1. The molecule has 19 heavy (non-hydrogen) atoms. The number of nitrogen functional groups attached to an aromatic ring is 1. The van der Waals surface area contributed by atoms with Crippen LogP contribution in [0.25, 0.3) is 0 Å². The fraction of sp³-hybridized carbons (Fsp3) is 0.417. The van der Waals surface area contributed by atoms with E-state index >= 15 is 0 Å². The van der Waals surface area contributed by atoms with Crippen molar-refractivity contribution in [2.75, 3.05) is 25.1 Å². The number of carbonyl (C=O) groups excluding carboxylic acids is 1. The third-order valence-corrected chi connectivity index (χ3v) is 3.36. The fourth-order valence-corrected chi connectivity index (χ4v) is 2.09. The average Bonchev–Trinajstić information content (AvgIpc) is 2.28. The lowest BCUT2D eigenvalue weighted by Gasteiger charge is -2.10. The van der Waals surface area contributed by atoms with Gasteiger partial charge < -0.3 is 11.1 Å². The van der Waals surface area contributed by atoms with Gasteiger partial charge in [0.15, 0.2) is 0 Å². The van der Waals surface area contributed by atoms with E-state index in [0.29, 0.717) is 11.3 Å². The highest BCUT2D eigenvalue weighted by atomic mass is 32.2. The summed E-state index contributed by atoms with van der Waals surface area (Å²) in [5.41, 5.74) is 8.59. The van der Waals surface area contributed by atoms with E-state index in [4.69, 9.17) is 5.73 Å². The van der Waals surface area contributed by atoms with Crippen LogP contribution in [0.15, 0.2) is 12.1 Å². The highest BCUT2D eigenvalue weighted by molar-refractivity contribution is 7.88. The fourth-order valence-electron chi connectivity index (χ4n) is 1.62. The summed E-state index contributed by atoms with van der Waals surface area (Å²) < 4.78 is 24.0. The standard InChI is InChI=1S/C12H19N3O3S/c1-8-6-9(2)11(13)7-10(8)12(16)14-4-5-15-19(3,17)18/h6-7,15H,4-5,13H2,1-3H3,(H,14,16). The molecule has 0 bridgehead atoms. The van der Waals surface area contributed by atoms with Crippen LogP contribution in [0.3, 0.4) is 0 Å². The highest BCUT2D eigenvalue weighted by Gasteiger charge is 2.10. The Balaban J connectivity index is 2.62. The van der Waals surface area contributed by atoms with Crippen LogP contribution in [0.1, 0.15) is 21.5 Å². The van der Waals surface area contributed by atoms with E-state index in [1.54, 1.807) is 6.07 Å².